The molecule has 1 fully saturated rings. The van der Waals surface area contributed by atoms with Crippen LogP contribution in [0.5, 0.6) is 0 Å². The van der Waals surface area contributed by atoms with Gasteiger partial charge in [0.15, 0.2) is 11.5 Å². The summed E-state index contributed by atoms with van der Waals surface area (Å²) in [6.07, 6.45) is 6.94. The van der Waals surface area contributed by atoms with Gasteiger partial charge in [0.25, 0.3) is 0 Å². The Morgan fingerprint density at radius 1 is 1.33 bits per heavy atom. The van der Waals surface area contributed by atoms with Crippen molar-refractivity contribution >= 4 is 29.0 Å². The molecule has 114 valence electrons. The van der Waals surface area contributed by atoms with Crippen molar-refractivity contribution < 1.29 is 0 Å². The zero-order chi connectivity index (χ0) is 14.8. The van der Waals surface area contributed by atoms with Gasteiger partial charge in [-0.3, -0.25) is 0 Å². The molecule has 1 aliphatic rings. The van der Waals surface area contributed by atoms with Gasteiger partial charge >= 0.3 is 0 Å². The highest BCUT2D eigenvalue weighted by molar-refractivity contribution is 8.00. The molecule has 0 bridgehead atoms. The van der Waals surface area contributed by atoms with E-state index in [0.29, 0.717) is 10.5 Å². The van der Waals surface area contributed by atoms with Crippen molar-refractivity contribution in [3.05, 3.63) is 18.6 Å². The van der Waals surface area contributed by atoms with Gasteiger partial charge in [-0.1, -0.05) is 20.8 Å². The van der Waals surface area contributed by atoms with Crippen LogP contribution in [0.1, 0.15) is 27.2 Å². The average Bonchev–Trinajstić information content (AvgIpc) is 2.91. The van der Waals surface area contributed by atoms with E-state index >= 15 is 0 Å². The SMILES string of the molecule is CCCNc1cn2ccnc2c(N2CC(C)SC(C)C2)n1. The molecule has 3 heterocycles. The van der Waals surface area contributed by atoms with E-state index in [9.17, 15) is 0 Å². The van der Waals surface area contributed by atoms with E-state index in [4.69, 9.17) is 4.98 Å². The molecule has 5 nitrogen and oxygen atoms in total. The van der Waals surface area contributed by atoms with E-state index in [1.54, 1.807) is 0 Å². The molecular formula is C15H23N5S. The molecule has 6 heteroatoms. The lowest BCUT2D eigenvalue weighted by atomic mass is 10.3. The lowest BCUT2D eigenvalue weighted by Crippen LogP contribution is -2.41. The second-order valence-electron chi connectivity index (χ2n) is 5.70. The van der Waals surface area contributed by atoms with Crippen LogP contribution in [0.25, 0.3) is 5.65 Å². The fraction of sp³-hybridized carbons (Fsp3) is 0.600. The van der Waals surface area contributed by atoms with E-state index < -0.39 is 0 Å². The molecule has 3 rings (SSSR count). The lowest BCUT2D eigenvalue weighted by molar-refractivity contribution is 0.718. The highest BCUT2D eigenvalue weighted by Crippen LogP contribution is 2.30. The predicted octanol–water partition coefficient (Wildman–Crippen LogP) is 2.88. The molecule has 0 radical (unpaired) electrons. The quantitative estimate of drug-likeness (QED) is 0.941. The van der Waals surface area contributed by atoms with Gasteiger partial charge in [-0.25, -0.2) is 9.97 Å². The van der Waals surface area contributed by atoms with Gasteiger partial charge in [0.1, 0.15) is 5.82 Å². The number of aromatic nitrogens is 3. The second kappa shape index (κ2) is 6.13. The van der Waals surface area contributed by atoms with E-state index in [-0.39, 0.29) is 0 Å². The molecule has 1 aliphatic heterocycles. The molecule has 2 aromatic rings. The second-order valence-corrected chi connectivity index (χ2v) is 7.58. The average molecular weight is 305 g/mol. The molecule has 0 aliphatic carbocycles. The molecule has 21 heavy (non-hydrogen) atoms. The Bertz CT molecular complexity index is 601. The molecule has 2 aromatic heterocycles. The molecule has 1 saturated heterocycles. The molecule has 2 atom stereocenters. The Kier molecular flexibility index (Phi) is 4.24. The van der Waals surface area contributed by atoms with Crippen LogP contribution in [-0.2, 0) is 0 Å². The van der Waals surface area contributed by atoms with Crippen molar-refractivity contribution in [1.82, 2.24) is 14.4 Å². The molecule has 0 aromatic carbocycles. The minimum absolute atomic E-state index is 0.623. The smallest absolute Gasteiger partial charge is 0.180 e. The van der Waals surface area contributed by atoms with Crippen LogP contribution in [0, 0.1) is 0 Å². The molecule has 0 amide bonds. The van der Waals surface area contributed by atoms with Crippen molar-refractivity contribution in [2.75, 3.05) is 29.9 Å². The number of nitrogens with zero attached hydrogens (tertiary/aromatic N) is 4. The molecule has 2 unspecified atom stereocenters. The van der Waals surface area contributed by atoms with Gasteiger partial charge < -0.3 is 14.6 Å². The number of imidazole rings is 1. The maximum absolute atomic E-state index is 4.83. The fourth-order valence-corrected chi connectivity index (χ4v) is 4.14. The van der Waals surface area contributed by atoms with Crippen molar-refractivity contribution in [2.45, 2.75) is 37.7 Å². The summed E-state index contributed by atoms with van der Waals surface area (Å²) >= 11 is 2.05. The van der Waals surface area contributed by atoms with Crippen LogP contribution in [0.15, 0.2) is 18.6 Å². The topological polar surface area (TPSA) is 45.5 Å². The molecule has 0 spiro atoms. The number of hydrogen-bond acceptors (Lipinski definition) is 5. The first-order valence-electron chi connectivity index (χ1n) is 7.65. The predicted molar refractivity (Wildman–Crippen MR) is 90.5 cm³/mol. The first kappa shape index (κ1) is 14.5. The van der Waals surface area contributed by atoms with E-state index in [2.05, 4.69) is 52.1 Å². The standard InChI is InChI=1S/C15H23N5S/c1-4-5-16-13-10-19-7-6-17-14(19)15(18-13)20-8-11(2)21-12(3)9-20/h6-7,10-12,16H,4-5,8-9H2,1-3H3. The summed E-state index contributed by atoms with van der Waals surface area (Å²) < 4.78 is 2.07. The van der Waals surface area contributed by atoms with Crippen molar-refractivity contribution in [3.8, 4) is 0 Å². The molecular weight excluding hydrogens is 282 g/mol. The summed E-state index contributed by atoms with van der Waals surface area (Å²) in [7, 11) is 0. The first-order valence-corrected chi connectivity index (χ1v) is 8.59. The summed E-state index contributed by atoms with van der Waals surface area (Å²) in [5, 5.41) is 4.63. The number of fused-ring (bicyclic) bond motifs is 1. The van der Waals surface area contributed by atoms with E-state index in [1.165, 1.54) is 0 Å². The molecule has 1 N–H and O–H groups in total. The Balaban J connectivity index is 1.97. The summed E-state index contributed by atoms with van der Waals surface area (Å²) in [5.74, 6) is 1.93. The number of thioether (sulfide) groups is 1. The summed E-state index contributed by atoms with van der Waals surface area (Å²) in [6.45, 7) is 9.73. The Morgan fingerprint density at radius 2 is 2.10 bits per heavy atom. The number of anilines is 2. The first-order chi connectivity index (χ1) is 10.2. The van der Waals surface area contributed by atoms with Crippen LogP contribution >= 0.6 is 11.8 Å². The number of rotatable bonds is 4. The highest BCUT2D eigenvalue weighted by atomic mass is 32.2. The number of nitrogens with one attached hydrogen (secondary N) is 1. The zero-order valence-corrected chi connectivity index (χ0v) is 13.7. The van der Waals surface area contributed by atoms with Crippen molar-refractivity contribution in [1.29, 1.82) is 0 Å². The van der Waals surface area contributed by atoms with Gasteiger partial charge in [-0.15, -0.1) is 0 Å². The van der Waals surface area contributed by atoms with Gasteiger partial charge in [0, 0.05) is 42.5 Å². The zero-order valence-electron chi connectivity index (χ0n) is 12.9. The van der Waals surface area contributed by atoms with Gasteiger partial charge in [-0.05, 0) is 6.42 Å². The third-order valence-electron chi connectivity index (χ3n) is 3.63. The molecule has 0 saturated carbocycles. The maximum atomic E-state index is 4.83. The third-order valence-corrected chi connectivity index (χ3v) is 4.86. The van der Waals surface area contributed by atoms with E-state index in [1.807, 2.05) is 18.6 Å². The minimum Gasteiger partial charge on any atom is -0.369 e. The minimum atomic E-state index is 0.623. The Morgan fingerprint density at radius 3 is 2.81 bits per heavy atom. The normalized spacial score (nSPS) is 22.7. The summed E-state index contributed by atoms with van der Waals surface area (Å²) in [4.78, 5) is 11.7. The van der Waals surface area contributed by atoms with Crippen LogP contribution in [-0.4, -0.2) is 44.5 Å². The van der Waals surface area contributed by atoms with Crippen LogP contribution < -0.4 is 10.2 Å². The van der Waals surface area contributed by atoms with Gasteiger partial charge in [0.05, 0.1) is 6.20 Å². The number of hydrogen-bond donors (Lipinski definition) is 1. The third kappa shape index (κ3) is 3.10. The maximum Gasteiger partial charge on any atom is 0.180 e. The van der Waals surface area contributed by atoms with Crippen LogP contribution in [0.3, 0.4) is 0 Å². The van der Waals surface area contributed by atoms with Crippen LogP contribution in [0.4, 0.5) is 11.6 Å². The van der Waals surface area contributed by atoms with Gasteiger partial charge in [0.2, 0.25) is 0 Å². The van der Waals surface area contributed by atoms with Crippen molar-refractivity contribution in [2.24, 2.45) is 0 Å². The van der Waals surface area contributed by atoms with Crippen LogP contribution in [0.2, 0.25) is 0 Å². The van der Waals surface area contributed by atoms with Gasteiger partial charge in [-0.2, -0.15) is 11.8 Å². The monoisotopic (exact) mass is 305 g/mol. The fourth-order valence-electron chi connectivity index (χ4n) is 2.82. The Labute approximate surface area is 130 Å². The van der Waals surface area contributed by atoms with Crippen molar-refractivity contribution in [3.63, 3.8) is 0 Å². The summed E-state index contributed by atoms with van der Waals surface area (Å²) in [6, 6.07) is 0. The Hall–Kier alpha value is -1.43. The summed E-state index contributed by atoms with van der Waals surface area (Å²) in [5.41, 5.74) is 0.948. The van der Waals surface area contributed by atoms with E-state index in [0.717, 1.165) is 43.3 Å². The highest BCUT2D eigenvalue weighted by Gasteiger charge is 2.25. The lowest BCUT2D eigenvalue weighted by Gasteiger charge is -2.35. The largest absolute Gasteiger partial charge is 0.369 e.